The number of benzene rings is 1. The molecular weight excluding hydrogens is 252 g/mol. The van der Waals surface area contributed by atoms with E-state index in [1.807, 2.05) is 13.0 Å². The number of alkyl halides is 2. The van der Waals surface area contributed by atoms with Gasteiger partial charge in [0, 0.05) is 11.0 Å². The Labute approximate surface area is 90.4 Å². The Morgan fingerprint density at radius 3 is 2.50 bits per heavy atom. The maximum atomic E-state index is 12.6. The maximum absolute atomic E-state index is 12.6. The van der Waals surface area contributed by atoms with Crippen LogP contribution in [-0.2, 0) is 0 Å². The first-order chi connectivity index (χ1) is 6.56. The van der Waals surface area contributed by atoms with Crippen LogP contribution in [-0.4, -0.2) is 13.0 Å². The maximum Gasteiger partial charge on any atom is 0.246 e. The predicted molar refractivity (Wildman–Crippen MR) is 56.7 cm³/mol. The fourth-order valence-electron chi connectivity index (χ4n) is 1.42. The van der Waals surface area contributed by atoms with Gasteiger partial charge in [-0.05, 0) is 30.2 Å². The third-order valence-electron chi connectivity index (χ3n) is 2.19. The van der Waals surface area contributed by atoms with Crippen LogP contribution in [0.5, 0.6) is 0 Å². The molecule has 0 radical (unpaired) electrons. The molecule has 1 rings (SSSR count). The van der Waals surface area contributed by atoms with E-state index in [4.69, 9.17) is 5.73 Å². The van der Waals surface area contributed by atoms with E-state index in [-0.39, 0.29) is 6.54 Å². The first-order valence-electron chi connectivity index (χ1n) is 4.30. The summed E-state index contributed by atoms with van der Waals surface area (Å²) in [5.41, 5.74) is 6.79. The number of hydrogen-bond donors (Lipinski definition) is 1. The van der Waals surface area contributed by atoms with Gasteiger partial charge in [0.25, 0.3) is 0 Å². The van der Waals surface area contributed by atoms with Crippen LogP contribution in [0, 0.1) is 6.92 Å². The molecule has 1 aromatic rings. The van der Waals surface area contributed by atoms with Gasteiger partial charge in [-0.1, -0.05) is 22.0 Å². The van der Waals surface area contributed by atoms with E-state index >= 15 is 0 Å². The predicted octanol–water partition coefficient (Wildman–Crippen LogP) is 3.06. The summed E-state index contributed by atoms with van der Waals surface area (Å²) in [5, 5.41) is 0. The second kappa shape index (κ2) is 4.84. The van der Waals surface area contributed by atoms with E-state index in [9.17, 15) is 8.78 Å². The Hall–Kier alpha value is -0.480. The molecule has 0 spiro atoms. The molecule has 1 aromatic carbocycles. The monoisotopic (exact) mass is 263 g/mol. The highest BCUT2D eigenvalue weighted by atomic mass is 79.9. The van der Waals surface area contributed by atoms with Crippen molar-refractivity contribution in [1.29, 1.82) is 0 Å². The zero-order chi connectivity index (χ0) is 10.7. The summed E-state index contributed by atoms with van der Waals surface area (Å²) in [6.07, 6.45) is -2.40. The normalized spacial score (nSPS) is 13.3. The van der Waals surface area contributed by atoms with Crippen molar-refractivity contribution in [2.45, 2.75) is 19.3 Å². The van der Waals surface area contributed by atoms with Gasteiger partial charge in [0.15, 0.2) is 0 Å². The molecule has 0 saturated carbocycles. The molecule has 1 unspecified atom stereocenters. The lowest BCUT2D eigenvalue weighted by Crippen LogP contribution is -2.20. The van der Waals surface area contributed by atoms with E-state index in [1.54, 1.807) is 12.1 Å². The molecule has 0 amide bonds. The summed E-state index contributed by atoms with van der Waals surface area (Å²) < 4.78 is 26.0. The largest absolute Gasteiger partial charge is 0.330 e. The second-order valence-corrected chi connectivity index (χ2v) is 4.09. The average Bonchev–Trinajstić information content (AvgIpc) is 2.09. The van der Waals surface area contributed by atoms with Gasteiger partial charge >= 0.3 is 0 Å². The van der Waals surface area contributed by atoms with Crippen molar-refractivity contribution < 1.29 is 8.78 Å². The van der Waals surface area contributed by atoms with Crippen molar-refractivity contribution in [2.24, 2.45) is 5.73 Å². The molecule has 0 fully saturated rings. The third-order valence-corrected chi connectivity index (χ3v) is 2.68. The average molecular weight is 264 g/mol. The molecule has 0 aliphatic carbocycles. The molecule has 0 aliphatic heterocycles. The van der Waals surface area contributed by atoms with Gasteiger partial charge < -0.3 is 5.73 Å². The summed E-state index contributed by atoms with van der Waals surface area (Å²) in [5.74, 6) is -0.858. The minimum absolute atomic E-state index is 0.0276. The van der Waals surface area contributed by atoms with Gasteiger partial charge in [0.2, 0.25) is 6.43 Å². The topological polar surface area (TPSA) is 26.0 Å². The molecule has 0 saturated heterocycles. The first-order valence-corrected chi connectivity index (χ1v) is 5.09. The first kappa shape index (κ1) is 11.6. The number of halogens is 3. The molecule has 4 heteroatoms. The Balaban J connectivity index is 3.04. The van der Waals surface area contributed by atoms with Crippen molar-refractivity contribution in [1.82, 2.24) is 0 Å². The van der Waals surface area contributed by atoms with Gasteiger partial charge in [-0.15, -0.1) is 0 Å². The number of rotatable bonds is 3. The Bertz CT molecular complexity index is 315. The standard InChI is InChI=1S/C10H12BrF2N/c1-6-4-7(11)2-3-8(6)9(5-14)10(12)13/h2-4,9-10H,5,14H2,1H3. The lowest BCUT2D eigenvalue weighted by molar-refractivity contribution is 0.117. The lowest BCUT2D eigenvalue weighted by atomic mass is 9.95. The Morgan fingerprint density at radius 1 is 1.43 bits per heavy atom. The van der Waals surface area contributed by atoms with Crippen LogP contribution in [0.3, 0.4) is 0 Å². The lowest BCUT2D eigenvalue weighted by Gasteiger charge is -2.16. The molecule has 0 aliphatic rings. The van der Waals surface area contributed by atoms with Gasteiger partial charge in [0.05, 0.1) is 5.92 Å². The molecule has 0 aromatic heterocycles. The van der Waals surface area contributed by atoms with E-state index in [0.29, 0.717) is 5.56 Å². The molecular formula is C10H12BrF2N. The summed E-state index contributed by atoms with van der Waals surface area (Å²) in [6.45, 7) is 1.78. The van der Waals surface area contributed by atoms with E-state index < -0.39 is 12.3 Å². The van der Waals surface area contributed by atoms with Crippen LogP contribution in [0.4, 0.5) is 8.78 Å². The van der Waals surface area contributed by atoms with E-state index in [0.717, 1.165) is 10.0 Å². The zero-order valence-corrected chi connectivity index (χ0v) is 9.39. The number of aryl methyl sites for hydroxylation is 1. The highest BCUT2D eigenvalue weighted by Gasteiger charge is 2.22. The van der Waals surface area contributed by atoms with Crippen LogP contribution >= 0.6 is 15.9 Å². The minimum Gasteiger partial charge on any atom is -0.330 e. The summed E-state index contributed by atoms with van der Waals surface area (Å²) in [6, 6.07) is 5.27. The van der Waals surface area contributed by atoms with Crippen LogP contribution in [0.15, 0.2) is 22.7 Å². The van der Waals surface area contributed by atoms with Crippen molar-refractivity contribution >= 4 is 15.9 Å². The molecule has 78 valence electrons. The number of nitrogens with two attached hydrogens (primary N) is 1. The molecule has 0 heterocycles. The van der Waals surface area contributed by atoms with Crippen LogP contribution < -0.4 is 5.73 Å². The van der Waals surface area contributed by atoms with Gasteiger partial charge in [-0.3, -0.25) is 0 Å². The zero-order valence-electron chi connectivity index (χ0n) is 7.81. The quantitative estimate of drug-likeness (QED) is 0.892. The van der Waals surface area contributed by atoms with Crippen molar-refractivity contribution in [3.8, 4) is 0 Å². The van der Waals surface area contributed by atoms with Gasteiger partial charge in [-0.2, -0.15) is 0 Å². The van der Waals surface area contributed by atoms with Crippen LogP contribution in [0.1, 0.15) is 17.0 Å². The fraction of sp³-hybridized carbons (Fsp3) is 0.400. The Kier molecular flexibility index (Phi) is 4.01. The SMILES string of the molecule is Cc1cc(Br)ccc1C(CN)C(F)F. The minimum atomic E-state index is -2.40. The Morgan fingerprint density at radius 2 is 2.07 bits per heavy atom. The van der Waals surface area contributed by atoms with Gasteiger partial charge in [0.1, 0.15) is 0 Å². The second-order valence-electron chi connectivity index (χ2n) is 3.18. The highest BCUT2D eigenvalue weighted by molar-refractivity contribution is 9.10. The molecule has 2 N–H and O–H groups in total. The van der Waals surface area contributed by atoms with E-state index in [2.05, 4.69) is 15.9 Å². The van der Waals surface area contributed by atoms with Crippen molar-refractivity contribution in [2.75, 3.05) is 6.54 Å². The summed E-state index contributed by atoms with van der Waals surface area (Å²) in [7, 11) is 0. The molecule has 0 bridgehead atoms. The van der Waals surface area contributed by atoms with Crippen LogP contribution in [0.25, 0.3) is 0 Å². The molecule has 1 atom stereocenters. The molecule has 14 heavy (non-hydrogen) atoms. The van der Waals surface area contributed by atoms with Gasteiger partial charge in [-0.25, -0.2) is 8.78 Å². The van der Waals surface area contributed by atoms with Crippen molar-refractivity contribution in [3.05, 3.63) is 33.8 Å². The van der Waals surface area contributed by atoms with Crippen LogP contribution in [0.2, 0.25) is 0 Å². The highest BCUT2D eigenvalue weighted by Crippen LogP contribution is 2.27. The molecule has 1 nitrogen and oxygen atoms in total. The number of hydrogen-bond acceptors (Lipinski definition) is 1. The summed E-state index contributed by atoms with van der Waals surface area (Å²) in [4.78, 5) is 0. The van der Waals surface area contributed by atoms with E-state index in [1.165, 1.54) is 0 Å². The summed E-state index contributed by atoms with van der Waals surface area (Å²) >= 11 is 3.29. The third kappa shape index (κ3) is 2.51. The van der Waals surface area contributed by atoms with Crippen molar-refractivity contribution in [3.63, 3.8) is 0 Å². The fourth-order valence-corrected chi connectivity index (χ4v) is 1.90. The smallest absolute Gasteiger partial charge is 0.246 e.